The van der Waals surface area contributed by atoms with Gasteiger partial charge in [-0.3, -0.25) is 14.5 Å². The van der Waals surface area contributed by atoms with E-state index in [2.05, 4.69) is 10.6 Å². The summed E-state index contributed by atoms with van der Waals surface area (Å²) in [5.74, 6) is 0.329. The summed E-state index contributed by atoms with van der Waals surface area (Å²) in [6.07, 6.45) is 0.256. The first-order valence-corrected chi connectivity index (χ1v) is 9.76. The number of rotatable bonds is 6. The van der Waals surface area contributed by atoms with Crippen LogP contribution in [-0.4, -0.2) is 41.6 Å². The Kier molecular flexibility index (Phi) is 5.26. The topological polar surface area (TPSA) is 97.0 Å². The zero-order chi connectivity index (χ0) is 21.3. The monoisotopic (exact) mass is 429 g/mol. The van der Waals surface area contributed by atoms with E-state index in [0.29, 0.717) is 16.5 Å². The van der Waals surface area contributed by atoms with Crippen LogP contribution in [-0.2, 0) is 22.6 Å². The van der Waals surface area contributed by atoms with Crippen LogP contribution in [0.5, 0.6) is 11.5 Å². The van der Waals surface area contributed by atoms with Gasteiger partial charge in [0.05, 0.1) is 0 Å². The van der Waals surface area contributed by atoms with Gasteiger partial charge in [0.25, 0.3) is 5.91 Å². The molecule has 8 nitrogen and oxygen atoms in total. The van der Waals surface area contributed by atoms with E-state index < -0.39 is 23.4 Å². The number of nitrogens with zero attached hydrogens (tertiary/aromatic N) is 1. The van der Waals surface area contributed by atoms with Gasteiger partial charge in [-0.2, -0.15) is 0 Å². The second-order valence-electron chi connectivity index (χ2n) is 7.39. The third-order valence-electron chi connectivity index (χ3n) is 5.08. The molecule has 2 aromatic rings. The zero-order valence-electron chi connectivity index (χ0n) is 16.2. The van der Waals surface area contributed by atoms with Crippen molar-refractivity contribution in [3.05, 3.63) is 58.6 Å². The largest absolute Gasteiger partial charge is 0.454 e. The smallest absolute Gasteiger partial charge is 0.325 e. The highest BCUT2D eigenvalue weighted by Crippen LogP contribution is 2.34. The number of halogens is 1. The average Bonchev–Trinajstić information content (AvgIpc) is 3.25. The molecule has 2 aliphatic rings. The van der Waals surface area contributed by atoms with Crippen LogP contribution in [0.1, 0.15) is 18.1 Å². The van der Waals surface area contributed by atoms with E-state index in [9.17, 15) is 14.4 Å². The highest BCUT2D eigenvalue weighted by atomic mass is 35.5. The predicted octanol–water partition coefficient (Wildman–Crippen LogP) is 2.24. The second-order valence-corrected chi connectivity index (χ2v) is 7.79. The normalized spacial score (nSPS) is 19.7. The number of carbonyl (C=O) groups excluding carboxylic acids is 3. The lowest BCUT2D eigenvalue weighted by molar-refractivity contribution is -0.134. The van der Waals surface area contributed by atoms with Crippen LogP contribution >= 0.6 is 11.6 Å². The summed E-state index contributed by atoms with van der Waals surface area (Å²) in [6, 6.07) is 11.9. The summed E-state index contributed by atoms with van der Waals surface area (Å²) in [7, 11) is 0. The molecule has 2 aliphatic heterocycles. The Balaban J connectivity index is 1.39. The Labute approximate surface area is 178 Å². The molecule has 156 valence electrons. The molecular formula is C21H20ClN3O5. The van der Waals surface area contributed by atoms with Gasteiger partial charge in [0.2, 0.25) is 12.7 Å². The van der Waals surface area contributed by atoms with Crippen LogP contribution in [0.2, 0.25) is 5.02 Å². The number of imide groups is 1. The molecule has 0 aromatic heterocycles. The van der Waals surface area contributed by atoms with Crippen LogP contribution in [0.3, 0.4) is 0 Å². The standard InChI is InChI=1S/C21H20ClN3O5/c1-21(9-13-6-7-16-17(8-13)30-12-29-16)19(27)25(20(28)24-21)11-18(26)23-10-14-4-2-3-5-15(14)22/h2-8H,9-12H2,1H3,(H,23,26)(H,24,28). The minimum absolute atomic E-state index is 0.156. The van der Waals surface area contributed by atoms with E-state index in [1.54, 1.807) is 37.3 Å². The summed E-state index contributed by atoms with van der Waals surface area (Å²) in [5, 5.41) is 5.92. The van der Waals surface area contributed by atoms with E-state index in [4.69, 9.17) is 21.1 Å². The summed E-state index contributed by atoms with van der Waals surface area (Å²) in [5.41, 5.74) is 0.395. The molecule has 4 amide bonds. The van der Waals surface area contributed by atoms with Gasteiger partial charge >= 0.3 is 6.03 Å². The molecule has 1 atom stereocenters. The van der Waals surface area contributed by atoms with Gasteiger partial charge in [-0.1, -0.05) is 35.9 Å². The molecule has 2 heterocycles. The quantitative estimate of drug-likeness (QED) is 0.686. The molecule has 4 rings (SSSR count). The van der Waals surface area contributed by atoms with E-state index in [1.807, 2.05) is 12.1 Å². The van der Waals surface area contributed by atoms with Crippen molar-refractivity contribution in [2.75, 3.05) is 13.3 Å². The van der Waals surface area contributed by atoms with Crippen LogP contribution in [0.15, 0.2) is 42.5 Å². The molecule has 0 radical (unpaired) electrons. The number of nitrogens with one attached hydrogen (secondary N) is 2. The highest BCUT2D eigenvalue weighted by Gasteiger charge is 2.48. The molecule has 2 aromatic carbocycles. The fraction of sp³-hybridized carbons (Fsp3) is 0.286. The van der Waals surface area contributed by atoms with Crippen LogP contribution < -0.4 is 20.1 Å². The number of fused-ring (bicyclic) bond motifs is 1. The van der Waals surface area contributed by atoms with Crippen molar-refractivity contribution >= 4 is 29.4 Å². The molecule has 0 spiro atoms. The van der Waals surface area contributed by atoms with Gasteiger partial charge in [0.15, 0.2) is 11.5 Å². The Bertz CT molecular complexity index is 1030. The van der Waals surface area contributed by atoms with Crippen molar-refractivity contribution in [1.82, 2.24) is 15.5 Å². The lowest BCUT2D eigenvalue weighted by atomic mass is 9.92. The van der Waals surface area contributed by atoms with Gasteiger partial charge in [-0.25, -0.2) is 4.79 Å². The summed E-state index contributed by atoms with van der Waals surface area (Å²) in [6.45, 7) is 1.63. The molecule has 30 heavy (non-hydrogen) atoms. The van der Waals surface area contributed by atoms with Crippen LogP contribution in [0, 0.1) is 0 Å². The average molecular weight is 430 g/mol. The van der Waals surface area contributed by atoms with Crippen molar-refractivity contribution in [3.63, 3.8) is 0 Å². The van der Waals surface area contributed by atoms with Crippen molar-refractivity contribution in [2.45, 2.75) is 25.4 Å². The molecule has 0 aliphatic carbocycles. The number of hydrogen-bond acceptors (Lipinski definition) is 5. The number of benzene rings is 2. The van der Waals surface area contributed by atoms with Crippen molar-refractivity contribution in [3.8, 4) is 11.5 Å². The minimum atomic E-state index is -1.16. The van der Waals surface area contributed by atoms with Crippen molar-refractivity contribution < 1.29 is 23.9 Å². The highest BCUT2D eigenvalue weighted by molar-refractivity contribution is 6.31. The van der Waals surface area contributed by atoms with E-state index >= 15 is 0 Å². The maximum absolute atomic E-state index is 12.9. The third-order valence-corrected chi connectivity index (χ3v) is 5.44. The number of carbonyl (C=O) groups is 3. The first-order valence-electron chi connectivity index (χ1n) is 9.38. The maximum Gasteiger partial charge on any atom is 0.325 e. The molecule has 0 saturated carbocycles. The van der Waals surface area contributed by atoms with E-state index in [-0.39, 0.29) is 26.3 Å². The Morgan fingerprint density at radius 1 is 1.20 bits per heavy atom. The van der Waals surface area contributed by atoms with E-state index in [1.165, 1.54) is 0 Å². The third kappa shape index (κ3) is 3.91. The fourth-order valence-electron chi connectivity index (χ4n) is 3.50. The maximum atomic E-state index is 12.9. The number of hydrogen-bond donors (Lipinski definition) is 2. The summed E-state index contributed by atoms with van der Waals surface area (Å²) < 4.78 is 10.7. The SMILES string of the molecule is CC1(Cc2ccc3c(c2)OCO3)NC(=O)N(CC(=O)NCc2ccccc2Cl)C1=O. The van der Waals surface area contributed by atoms with Gasteiger partial charge in [0, 0.05) is 18.0 Å². The van der Waals surface area contributed by atoms with Crippen molar-refractivity contribution in [1.29, 1.82) is 0 Å². The van der Waals surface area contributed by atoms with Crippen molar-refractivity contribution in [2.24, 2.45) is 0 Å². The first kappa shape index (κ1) is 20.0. The Morgan fingerprint density at radius 2 is 1.97 bits per heavy atom. The van der Waals surface area contributed by atoms with Crippen LogP contribution in [0.4, 0.5) is 4.79 Å². The Morgan fingerprint density at radius 3 is 2.77 bits per heavy atom. The molecular weight excluding hydrogens is 410 g/mol. The lowest BCUT2D eigenvalue weighted by Gasteiger charge is -2.22. The molecule has 9 heteroatoms. The fourth-order valence-corrected chi connectivity index (χ4v) is 3.71. The Hall–Kier alpha value is -3.26. The second kappa shape index (κ2) is 7.87. The minimum Gasteiger partial charge on any atom is -0.454 e. The van der Waals surface area contributed by atoms with Gasteiger partial charge in [0.1, 0.15) is 12.1 Å². The predicted molar refractivity (Wildman–Crippen MR) is 108 cm³/mol. The number of ether oxygens (including phenoxy) is 2. The van der Waals surface area contributed by atoms with Gasteiger partial charge < -0.3 is 20.1 Å². The molecule has 0 bridgehead atoms. The molecule has 2 N–H and O–H groups in total. The first-order chi connectivity index (χ1) is 14.4. The number of amides is 4. The van der Waals surface area contributed by atoms with Gasteiger partial charge in [-0.15, -0.1) is 0 Å². The van der Waals surface area contributed by atoms with Gasteiger partial charge in [-0.05, 0) is 36.2 Å². The van der Waals surface area contributed by atoms with Crippen LogP contribution in [0.25, 0.3) is 0 Å². The molecule has 1 saturated heterocycles. The molecule has 1 fully saturated rings. The zero-order valence-corrected chi connectivity index (χ0v) is 17.0. The lowest BCUT2D eigenvalue weighted by Crippen LogP contribution is -2.46. The number of urea groups is 1. The summed E-state index contributed by atoms with van der Waals surface area (Å²) >= 11 is 6.08. The summed E-state index contributed by atoms with van der Waals surface area (Å²) in [4.78, 5) is 38.6. The molecule has 1 unspecified atom stereocenters. The van der Waals surface area contributed by atoms with E-state index in [0.717, 1.165) is 16.0 Å².